The van der Waals surface area contributed by atoms with E-state index in [9.17, 15) is 0 Å². The highest BCUT2D eigenvalue weighted by Gasteiger charge is 2.49. The Labute approximate surface area is 218 Å². The molecule has 1 saturated heterocycles. The minimum absolute atomic E-state index is 0.0570. The molecule has 5 atom stereocenters. The first kappa shape index (κ1) is 27.0. The monoisotopic (exact) mass is 506 g/mol. The van der Waals surface area contributed by atoms with Crippen LogP contribution in [0.1, 0.15) is 30.5 Å². The van der Waals surface area contributed by atoms with Gasteiger partial charge in [0.15, 0.2) is 6.17 Å². The third kappa shape index (κ3) is 7.98. The Balaban J connectivity index is 1.52. The number of hydrogen-bond acceptors (Lipinski definition) is 5. The number of halogens is 1. The van der Waals surface area contributed by atoms with Crippen molar-refractivity contribution in [2.75, 3.05) is 6.61 Å². The quantitative estimate of drug-likeness (QED) is 0.267. The van der Waals surface area contributed by atoms with Crippen LogP contribution in [0.15, 0.2) is 103 Å². The van der Waals surface area contributed by atoms with Gasteiger partial charge in [0, 0.05) is 0 Å². The van der Waals surface area contributed by atoms with Crippen LogP contribution < -0.4 is 0 Å². The van der Waals surface area contributed by atoms with Gasteiger partial charge < -0.3 is 23.7 Å². The van der Waals surface area contributed by atoms with E-state index in [0.717, 1.165) is 16.7 Å². The fraction of sp³-hybridized carbons (Fsp3) is 0.355. The number of alkyl halides is 1. The molecule has 0 N–H and O–H groups in total. The summed E-state index contributed by atoms with van der Waals surface area (Å²) in [7, 11) is 0. The lowest BCUT2D eigenvalue weighted by Crippen LogP contribution is -2.59. The fourth-order valence-corrected chi connectivity index (χ4v) is 4.11. The summed E-state index contributed by atoms with van der Waals surface area (Å²) < 4.78 is 46.5. The zero-order valence-corrected chi connectivity index (χ0v) is 21.4. The van der Waals surface area contributed by atoms with Gasteiger partial charge in [0.25, 0.3) is 0 Å². The topological polar surface area (TPSA) is 46.2 Å². The van der Waals surface area contributed by atoms with Gasteiger partial charge in [0.1, 0.15) is 18.3 Å². The number of allylic oxidation sites excluding steroid dienone is 2. The minimum Gasteiger partial charge on any atom is -0.467 e. The molecule has 5 nitrogen and oxygen atoms in total. The molecule has 1 aliphatic rings. The highest BCUT2D eigenvalue weighted by Crippen LogP contribution is 2.31. The van der Waals surface area contributed by atoms with E-state index in [2.05, 4.69) is 0 Å². The van der Waals surface area contributed by atoms with Gasteiger partial charge >= 0.3 is 0 Å². The maximum Gasteiger partial charge on any atom is 0.229 e. The summed E-state index contributed by atoms with van der Waals surface area (Å²) in [5, 5.41) is 0. The zero-order valence-electron chi connectivity index (χ0n) is 21.4. The summed E-state index contributed by atoms with van der Waals surface area (Å²) in [5.74, 6) is 0.654. The first-order chi connectivity index (χ1) is 18.1. The van der Waals surface area contributed by atoms with Crippen LogP contribution in [-0.2, 0) is 43.5 Å². The van der Waals surface area contributed by atoms with Crippen LogP contribution in [0.5, 0.6) is 0 Å². The van der Waals surface area contributed by atoms with Crippen LogP contribution in [0.4, 0.5) is 4.39 Å². The molecule has 196 valence electrons. The Kier molecular flexibility index (Phi) is 10.3. The van der Waals surface area contributed by atoms with Crippen molar-refractivity contribution in [3.05, 3.63) is 120 Å². The molecule has 0 bridgehead atoms. The summed E-state index contributed by atoms with van der Waals surface area (Å²) in [5.41, 5.74) is 2.92. The second-order valence-corrected chi connectivity index (χ2v) is 9.03. The first-order valence-electron chi connectivity index (χ1n) is 12.7. The molecule has 1 heterocycles. The lowest BCUT2D eigenvalue weighted by molar-refractivity contribution is -0.303. The Hall–Kier alpha value is -3.03. The molecule has 6 heteroatoms. The van der Waals surface area contributed by atoms with E-state index in [1.807, 2.05) is 111 Å². The molecule has 1 fully saturated rings. The van der Waals surface area contributed by atoms with Gasteiger partial charge in [0.05, 0.1) is 32.2 Å². The molecule has 0 radical (unpaired) electrons. The van der Waals surface area contributed by atoms with Crippen molar-refractivity contribution in [3.63, 3.8) is 0 Å². The van der Waals surface area contributed by atoms with E-state index in [1.54, 1.807) is 0 Å². The third-order valence-corrected chi connectivity index (χ3v) is 6.24. The molecule has 0 spiro atoms. The molecule has 0 saturated carbocycles. The Morgan fingerprint density at radius 2 is 1.24 bits per heavy atom. The normalized spacial score (nSPS) is 24.1. The molecule has 37 heavy (non-hydrogen) atoms. The van der Waals surface area contributed by atoms with Crippen LogP contribution in [0.2, 0.25) is 0 Å². The maximum absolute atomic E-state index is 16.0. The number of hydrogen-bond donors (Lipinski definition) is 0. The van der Waals surface area contributed by atoms with Gasteiger partial charge in [-0.2, -0.15) is 0 Å². The van der Waals surface area contributed by atoms with Crippen LogP contribution >= 0.6 is 0 Å². The van der Waals surface area contributed by atoms with Crippen molar-refractivity contribution >= 4 is 0 Å². The summed E-state index contributed by atoms with van der Waals surface area (Å²) in [6.45, 7) is 4.64. The summed E-state index contributed by atoms with van der Waals surface area (Å²) >= 11 is 0. The number of ether oxygens (including phenoxy) is 5. The Morgan fingerprint density at radius 3 is 1.76 bits per heavy atom. The fourth-order valence-electron chi connectivity index (χ4n) is 4.11. The lowest BCUT2D eigenvalue weighted by Gasteiger charge is -2.43. The predicted octanol–water partition coefficient (Wildman–Crippen LogP) is 6.38. The van der Waals surface area contributed by atoms with Gasteiger partial charge in [-0.25, -0.2) is 4.39 Å². The third-order valence-electron chi connectivity index (χ3n) is 6.24. The average molecular weight is 507 g/mol. The van der Waals surface area contributed by atoms with E-state index in [0.29, 0.717) is 12.4 Å². The van der Waals surface area contributed by atoms with Crippen LogP contribution in [0.25, 0.3) is 0 Å². The average Bonchev–Trinajstić information content (AvgIpc) is 2.94. The van der Waals surface area contributed by atoms with Crippen LogP contribution in [0.3, 0.4) is 0 Å². The van der Waals surface area contributed by atoms with Crippen molar-refractivity contribution < 1.29 is 28.1 Å². The molecular weight excluding hydrogens is 471 g/mol. The smallest absolute Gasteiger partial charge is 0.229 e. The van der Waals surface area contributed by atoms with Crippen molar-refractivity contribution in [2.24, 2.45) is 0 Å². The minimum atomic E-state index is -1.48. The van der Waals surface area contributed by atoms with Gasteiger partial charge in [0.2, 0.25) is 6.29 Å². The summed E-state index contributed by atoms with van der Waals surface area (Å²) in [4.78, 5) is 0. The van der Waals surface area contributed by atoms with Crippen LogP contribution in [0, 0.1) is 0 Å². The molecule has 0 aliphatic carbocycles. The number of benzene rings is 3. The predicted molar refractivity (Wildman–Crippen MR) is 140 cm³/mol. The number of rotatable bonds is 12. The van der Waals surface area contributed by atoms with Crippen molar-refractivity contribution in [1.82, 2.24) is 0 Å². The molecule has 1 aliphatic heterocycles. The van der Waals surface area contributed by atoms with Gasteiger partial charge in [-0.1, -0.05) is 91.0 Å². The molecule has 0 amide bonds. The summed E-state index contributed by atoms with van der Waals surface area (Å²) in [6, 6.07) is 29.2. The van der Waals surface area contributed by atoms with Crippen molar-refractivity contribution in [3.8, 4) is 0 Å². The molecule has 3 aromatic carbocycles. The van der Waals surface area contributed by atoms with Crippen LogP contribution in [-0.4, -0.2) is 37.4 Å². The van der Waals surface area contributed by atoms with Gasteiger partial charge in [-0.15, -0.1) is 0 Å². The van der Waals surface area contributed by atoms with Crippen molar-refractivity contribution in [1.29, 1.82) is 0 Å². The second-order valence-electron chi connectivity index (χ2n) is 9.03. The molecular formula is C31H35FO5. The standard InChI is InChI=1S/C31H35FO5/c1-3-23(2)36-31-30(35-21-26-17-11-6-12-18-26)29(34-20-25-15-9-5-10-16-25)28(32)27(37-31)22-33-19-24-13-7-4-8-14-24/h3-18,27-31H,19-22H2,1-2H3/b23-3+/t27-,28+,29+,30-,31-/m1/s1. The van der Waals surface area contributed by atoms with E-state index in [1.165, 1.54) is 0 Å². The second kappa shape index (κ2) is 14.1. The Bertz CT molecular complexity index is 1080. The maximum atomic E-state index is 16.0. The van der Waals surface area contributed by atoms with Gasteiger partial charge in [-0.3, -0.25) is 0 Å². The summed E-state index contributed by atoms with van der Waals surface area (Å²) in [6.07, 6.45) is -3.10. The Morgan fingerprint density at radius 1 is 0.757 bits per heavy atom. The van der Waals surface area contributed by atoms with Gasteiger partial charge in [-0.05, 0) is 36.6 Å². The highest BCUT2D eigenvalue weighted by atomic mass is 19.1. The lowest BCUT2D eigenvalue weighted by atomic mass is 9.99. The van der Waals surface area contributed by atoms with E-state index >= 15 is 4.39 Å². The molecule has 0 aromatic heterocycles. The van der Waals surface area contributed by atoms with Crippen molar-refractivity contribution in [2.45, 2.75) is 64.4 Å². The first-order valence-corrected chi connectivity index (χ1v) is 12.7. The zero-order chi connectivity index (χ0) is 25.9. The van der Waals surface area contributed by atoms with E-state index in [-0.39, 0.29) is 19.8 Å². The molecule has 0 unspecified atom stereocenters. The SMILES string of the molecule is C/C=C(\C)O[C@@H]1O[C@H](COCc2ccccc2)[C@H](F)[C@H](OCc2ccccc2)[C@H]1OCc1ccccc1. The van der Waals surface area contributed by atoms with E-state index < -0.39 is 30.8 Å². The largest absolute Gasteiger partial charge is 0.467 e. The molecule has 3 aromatic rings. The van der Waals surface area contributed by atoms with E-state index in [4.69, 9.17) is 23.7 Å². The highest BCUT2D eigenvalue weighted by molar-refractivity contribution is 5.15. The molecule has 4 rings (SSSR count).